The van der Waals surface area contributed by atoms with Crippen LogP contribution in [0.2, 0.25) is 5.02 Å². The first-order valence-electron chi connectivity index (χ1n) is 4.12. The zero-order valence-corrected chi connectivity index (χ0v) is 9.80. The Labute approximate surface area is 99.9 Å². The van der Waals surface area contributed by atoms with Crippen LogP contribution in [0.5, 0.6) is 5.75 Å². The largest absolute Gasteiger partial charge is 0.502 e. The van der Waals surface area contributed by atoms with Gasteiger partial charge in [-0.05, 0) is 6.07 Å². The van der Waals surface area contributed by atoms with Crippen molar-refractivity contribution in [2.75, 3.05) is 0 Å². The van der Waals surface area contributed by atoms with Crippen LogP contribution in [-0.4, -0.2) is 19.8 Å². The molecule has 0 saturated carbocycles. The number of phenolic OH excluding ortho intramolecular Hbond substituents is 1. The van der Waals surface area contributed by atoms with E-state index in [1.165, 1.54) is 0 Å². The Kier molecular flexibility index (Phi) is 3.75. The van der Waals surface area contributed by atoms with Gasteiger partial charge in [0.25, 0.3) is 0 Å². The van der Waals surface area contributed by atoms with Crippen LogP contribution < -0.4 is 5.73 Å². The first kappa shape index (κ1) is 13.9. The van der Waals surface area contributed by atoms with Gasteiger partial charge in [0, 0.05) is 16.7 Å². The third kappa shape index (κ3) is 2.93. The van der Waals surface area contributed by atoms with Gasteiger partial charge in [0.05, 0.1) is 4.92 Å². The Bertz CT molecular complexity index is 515. The highest BCUT2D eigenvalue weighted by molar-refractivity contribution is 7.52. The zero-order valence-electron chi connectivity index (χ0n) is 8.15. The molecule has 0 unspecified atom stereocenters. The zero-order chi connectivity index (χ0) is 13.4. The molecule has 0 bridgehead atoms. The molecule has 8 nitrogen and oxygen atoms in total. The minimum absolute atomic E-state index is 0.159. The third-order valence-electron chi connectivity index (χ3n) is 1.96. The molecular formula is C7H8ClN2O6P. The van der Waals surface area contributed by atoms with Gasteiger partial charge >= 0.3 is 13.3 Å². The predicted octanol–water partition coefficient (Wildman–Crippen LogP) is 1.09. The number of hydrogen-bond donors (Lipinski definition) is 4. The maximum absolute atomic E-state index is 10.9. The van der Waals surface area contributed by atoms with Crippen molar-refractivity contribution in [3.05, 3.63) is 32.8 Å². The minimum Gasteiger partial charge on any atom is -0.502 e. The van der Waals surface area contributed by atoms with Crippen molar-refractivity contribution in [2.24, 2.45) is 5.73 Å². The number of benzene rings is 1. The molecule has 0 aromatic heterocycles. The second-order valence-corrected chi connectivity index (χ2v) is 5.32. The molecule has 10 heteroatoms. The molecule has 5 N–H and O–H groups in total. The number of phenols is 1. The highest BCUT2D eigenvalue weighted by Crippen LogP contribution is 2.52. The van der Waals surface area contributed by atoms with Gasteiger partial charge in [-0.2, -0.15) is 0 Å². The number of nitro benzene ring substituents is 1. The van der Waals surface area contributed by atoms with Gasteiger partial charge in [-0.1, -0.05) is 11.6 Å². The molecule has 1 rings (SSSR count). The van der Waals surface area contributed by atoms with Crippen LogP contribution in [0.15, 0.2) is 12.1 Å². The fourth-order valence-corrected chi connectivity index (χ4v) is 1.93. The minimum atomic E-state index is -4.74. The van der Waals surface area contributed by atoms with E-state index < -0.39 is 35.3 Å². The average Bonchev–Trinajstić information content (AvgIpc) is 2.18. The summed E-state index contributed by atoms with van der Waals surface area (Å²) < 4.78 is 10.9. The molecule has 0 radical (unpaired) electrons. The summed E-state index contributed by atoms with van der Waals surface area (Å²) in [5, 5.41) is 19.9. The monoisotopic (exact) mass is 282 g/mol. The number of hydrogen-bond acceptors (Lipinski definition) is 5. The Morgan fingerprint density at radius 2 is 2.00 bits per heavy atom. The van der Waals surface area contributed by atoms with Crippen molar-refractivity contribution in [3.8, 4) is 5.75 Å². The molecule has 0 fully saturated rings. The predicted molar refractivity (Wildman–Crippen MR) is 58.7 cm³/mol. The van der Waals surface area contributed by atoms with E-state index in [9.17, 15) is 19.8 Å². The summed E-state index contributed by atoms with van der Waals surface area (Å²) in [6.07, 6.45) is 0. The summed E-state index contributed by atoms with van der Waals surface area (Å²) in [7, 11) is -4.74. The summed E-state index contributed by atoms with van der Waals surface area (Å²) in [6.45, 7) is 0. The number of nitrogens with zero attached hydrogens (tertiary/aromatic N) is 1. The number of rotatable bonds is 3. The summed E-state index contributed by atoms with van der Waals surface area (Å²) in [4.78, 5) is 27.3. The number of aromatic hydroxyl groups is 1. The van der Waals surface area contributed by atoms with Crippen molar-refractivity contribution in [2.45, 2.75) is 5.78 Å². The molecule has 0 aliphatic rings. The Balaban J connectivity index is 3.45. The van der Waals surface area contributed by atoms with Crippen molar-refractivity contribution < 1.29 is 24.4 Å². The van der Waals surface area contributed by atoms with E-state index in [1.807, 2.05) is 0 Å². The van der Waals surface area contributed by atoms with E-state index in [1.54, 1.807) is 0 Å². The lowest BCUT2D eigenvalue weighted by atomic mass is 10.1. The van der Waals surface area contributed by atoms with E-state index in [0.29, 0.717) is 0 Å². The van der Waals surface area contributed by atoms with Crippen LogP contribution in [0.1, 0.15) is 11.3 Å². The van der Waals surface area contributed by atoms with Gasteiger partial charge in [-0.3, -0.25) is 14.7 Å². The molecule has 0 aliphatic heterocycles. The maximum Gasteiger partial charge on any atom is 0.346 e. The average molecular weight is 283 g/mol. The fourth-order valence-electron chi connectivity index (χ4n) is 1.15. The quantitative estimate of drug-likeness (QED) is 0.368. The normalized spacial score (nSPS) is 13.4. The molecule has 0 heterocycles. The first-order valence-corrected chi connectivity index (χ1v) is 6.18. The van der Waals surface area contributed by atoms with Crippen LogP contribution in [0.3, 0.4) is 0 Å². The molecule has 0 saturated heterocycles. The molecule has 1 aromatic carbocycles. The summed E-state index contributed by atoms with van der Waals surface area (Å²) in [5.74, 6) is -2.78. The lowest BCUT2D eigenvalue weighted by molar-refractivity contribution is -0.385. The van der Waals surface area contributed by atoms with E-state index in [-0.39, 0.29) is 5.02 Å². The van der Waals surface area contributed by atoms with E-state index in [2.05, 4.69) is 0 Å². The molecule has 94 valence electrons. The fraction of sp³-hybridized carbons (Fsp3) is 0.143. The standard InChI is InChI=1S/C7H8ClN2O6P/c8-3-1-4(7(9)17(14,15)16)6(11)5(2-3)10(12)13/h1-2,7,11H,9H2,(H2,14,15,16)/t7-/m0/s1. The molecular weight excluding hydrogens is 275 g/mol. The third-order valence-corrected chi connectivity index (χ3v) is 3.18. The highest BCUT2D eigenvalue weighted by atomic mass is 35.5. The van der Waals surface area contributed by atoms with E-state index in [4.69, 9.17) is 27.1 Å². The lowest BCUT2D eigenvalue weighted by Crippen LogP contribution is -2.11. The van der Waals surface area contributed by atoms with Gasteiger partial charge in [0.1, 0.15) is 5.78 Å². The van der Waals surface area contributed by atoms with Crippen molar-refractivity contribution in [1.29, 1.82) is 0 Å². The molecule has 0 amide bonds. The van der Waals surface area contributed by atoms with Gasteiger partial charge in [0.15, 0.2) is 5.75 Å². The van der Waals surface area contributed by atoms with Crippen LogP contribution in [0.25, 0.3) is 0 Å². The number of nitrogens with two attached hydrogens (primary N) is 1. The van der Waals surface area contributed by atoms with Crippen LogP contribution >= 0.6 is 19.2 Å². The SMILES string of the molecule is N[C@H](c1cc(Cl)cc([N+](=O)[O-])c1O)P(=O)(O)O. The van der Waals surface area contributed by atoms with Crippen molar-refractivity contribution in [1.82, 2.24) is 0 Å². The molecule has 1 atom stereocenters. The van der Waals surface area contributed by atoms with Gasteiger partial charge in [-0.15, -0.1) is 0 Å². The lowest BCUT2D eigenvalue weighted by Gasteiger charge is -2.15. The summed E-state index contributed by atoms with van der Waals surface area (Å²) in [5.41, 5.74) is 3.96. The van der Waals surface area contributed by atoms with Crippen LogP contribution in [0.4, 0.5) is 5.69 Å². The van der Waals surface area contributed by atoms with Gasteiger partial charge < -0.3 is 20.6 Å². The Morgan fingerprint density at radius 3 is 2.41 bits per heavy atom. The van der Waals surface area contributed by atoms with Crippen LogP contribution in [0, 0.1) is 10.1 Å². The van der Waals surface area contributed by atoms with Gasteiger partial charge in [-0.25, -0.2) is 0 Å². The topological polar surface area (TPSA) is 147 Å². The number of nitro groups is 1. The Hall–Kier alpha value is -1.18. The molecule has 17 heavy (non-hydrogen) atoms. The second kappa shape index (κ2) is 4.59. The van der Waals surface area contributed by atoms with E-state index >= 15 is 0 Å². The number of halogens is 1. The van der Waals surface area contributed by atoms with E-state index in [0.717, 1.165) is 12.1 Å². The summed E-state index contributed by atoms with van der Waals surface area (Å²) in [6, 6.07) is 1.82. The maximum atomic E-state index is 10.9. The summed E-state index contributed by atoms with van der Waals surface area (Å²) >= 11 is 5.54. The molecule has 0 spiro atoms. The first-order chi connectivity index (χ1) is 7.64. The highest BCUT2D eigenvalue weighted by Gasteiger charge is 2.32. The molecule has 0 aliphatic carbocycles. The van der Waals surface area contributed by atoms with Crippen molar-refractivity contribution >= 4 is 24.9 Å². The van der Waals surface area contributed by atoms with Crippen molar-refractivity contribution in [3.63, 3.8) is 0 Å². The molecule has 1 aromatic rings. The van der Waals surface area contributed by atoms with Crippen LogP contribution in [-0.2, 0) is 4.57 Å². The Morgan fingerprint density at radius 1 is 1.47 bits per heavy atom. The smallest absolute Gasteiger partial charge is 0.346 e. The van der Waals surface area contributed by atoms with Gasteiger partial charge in [0.2, 0.25) is 0 Å². The second-order valence-electron chi connectivity index (χ2n) is 3.15.